The predicted molar refractivity (Wildman–Crippen MR) is 71.5 cm³/mol. The fourth-order valence-electron chi connectivity index (χ4n) is 2.23. The van der Waals surface area contributed by atoms with Crippen LogP contribution in [0, 0.1) is 0 Å². The van der Waals surface area contributed by atoms with Crippen LogP contribution in [0.1, 0.15) is 34.9 Å². The van der Waals surface area contributed by atoms with Crippen LogP contribution in [-0.4, -0.2) is 32.6 Å². The highest BCUT2D eigenvalue weighted by Crippen LogP contribution is 2.37. The van der Waals surface area contributed by atoms with Crippen molar-refractivity contribution in [3.63, 3.8) is 0 Å². The number of H-pyrrole nitrogens is 1. The first-order chi connectivity index (χ1) is 9.15. The Hall–Kier alpha value is -2.24. The van der Waals surface area contributed by atoms with E-state index in [0.29, 0.717) is 24.0 Å². The summed E-state index contributed by atoms with van der Waals surface area (Å²) in [6, 6.07) is 2.20. The van der Waals surface area contributed by atoms with Crippen molar-refractivity contribution in [2.24, 2.45) is 0 Å². The van der Waals surface area contributed by atoms with Gasteiger partial charge in [0, 0.05) is 37.6 Å². The molecule has 100 valence electrons. The highest BCUT2D eigenvalue weighted by molar-refractivity contribution is 5.93. The van der Waals surface area contributed by atoms with Crippen molar-refractivity contribution in [3.8, 4) is 0 Å². The second-order valence-corrected chi connectivity index (χ2v) is 5.06. The monoisotopic (exact) mass is 259 g/mol. The van der Waals surface area contributed by atoms with Gasteiger partial charge in [-0.1, -0.05) is 0 Å². The lowest BCUT2D eigenvalue weighted by atomic mass is 10.3. The second kappa shape index (κ2) is 4.46. The summed E-state index contributed by atoms with van der Waals surface area (Å²) < 4.78 is 2.00. The van der Waals surface area contributed by atoms with E-state index in [-0.39, 0.29) is 5.91 Å². The zero-order valence-electron chi connectivity index (χ0n) is 10.8. The van der Waals surface area contributed by atoms with E-state index in [1.54, 1.807) is 30.4 Å². The number of aromatic amines is 1. The van der Waals surface area contributed by atoms with Crippen LogP contribution < -0.4 is 5.73 Å². The molecule has 6 heteroatoms. The van der Waals surface area contributed by atoms with E-state index in [0.717, 1.165) is 18.4 Å². The number of rotatable bonds is 4. The van der Waals surface area contributed by atoms with Crippen LogP contribution in [0.15, 0.2) is 24.7 Å². The Labute approximate surface area is 111 Å². The van der Waals surface area contributed by atoms with Crippen LogP contribution in [0.25, 0.3) is 0 Å². The van der Waals surface area contributed by atoms with Gasteiger partial charge in [0.2, 0.25) is 0 Å². The number of carbonyl (C=O) groups is 1. The number of nitrogens with two attached hydrogens (primary N) is 1. The molecule has 2 heterocycles. The summed E-state index contributed by atoms with van der Waals surface area (Å²) in [5.74, 6) is -0.00944. The maximum absolute atomic E-state index is 12.5. The molecule has 19 heavy (non-hydrogen) atoms. The summed E-state index contributed by atoms with van der Waals surface area (Å²) in [4.78, 5) is 14.1. The molecule has 1 aliphatic carbocycles. The Morgan fingerprint density at radius 1 is 1.63 bits per heavy atom. The molecular formula is C13H17N5O. The van der Waals surface area contributed by atoms with E-state index in [9.17, 15) is 4.79 Å². The van der Waals surface area contributed by atoms with Crippen LogP contribution >= 0.6 is 0 Å². The van der Waals surface area contributed by atoms with E-state index in [1.165, 1.54) is 0 Å². The summed E-state index contributed by atoms with van der Waals surface area (Å²) in [7, 11) is 1.79. The average Bonchev–Trinajstić information content (AvgIpc) is 2.97. The molecule has 1 aliphatic rings. The third kappa shape index (κ3) is 2.33. The minimum absolute atomic E-state index is 0.00944. The molecular weight excluding hydrogens is 242 g/mol. The largest absolute Gasteiger partial charge is 0.397 e. The zero-order chi connectivity index (χ0) is 13.4. The summed E-state index contributed by atoms with van der Waals surface area (Å²) in [5, 5.41) is 6.62. The molecule has 2 aromatic heterocycles. The second-order valence-electron chi connectivity index (χ2n) is 5.06. The maximum atomic E-state index is 12.5. The van der Waals surface area contributed by atoms with Crippen LogP contribution in [-0.2, 0) is 6.54 Å². The highest BCUT2D eigenvalue weighted by Gasteiger charge is 2.28. The van der Waals surface area contributed by atoms with Crippen LogP contribution in [0.3, 0.4) is 0 Å². The van der Waals surface area contributed by atoms with Crippen molar-refractivity contribution in [1.29, 1.82) is 0 Å². The first-order valence-corrected chi connectivity index (χ1v) is 6.35. The van der Waals surface area contributed by atoms with Gasteiger partial charge >= 0.3 is 0 Å². The average molecular weight is 259 g/mol. The first kappa shape index (κ1) is 11.8. The zero-order valence-corrected chi connectivity index (χ0v) is 10.8. The number of hydrogen-bond acceptors (Lipinski definition) is 3. The number of amides is 1. The molecule has 0 radical (unpaired) electrons. The van der Waals surface area contributed by atoms with Gasteiger partial charge in [0.1, 0.15) is 5.69 Å². The molecule has 0 aliphatic heterocycles. The van der Waals surface area contributed by atoms with Gasteiger partial charge in [-0.15, -0.1) is 0 Å². The molecule has 1 saturated carbocycles. The van der Waals surface area contributed by atoms with Crippen molar-refractivity contribution >= 4 is 11.6 Å². The molecule has 1 fully saturated rings. The Morgan fingerprint density at radius 2 is 2.42 bits per heavy atom. The third-order valence-electron chi connectivity index (χ3n) is 3.35. The van der Waals surface area contributed by atoms with Crippen LogP contribution in [0.4, 0.5) is 5.69 Å². The van der Waals surface area contributed by atoms with E-state index in [4.69, 9.17) is 5.73 Å². The van der Waals surface area contributed by atoms with Crippen molar-refractivity contribution in [3.05, 3.63) is 35.9 Å². The minimum Gasteiger partial charge on any atom is -0.397 e. The van der Waals surface area contributed by atoms with Gasteiger partial charge in [-0.2, -0.15) is 5.10 Å². The number of nitrogen functional groups attached to an aromatic ring is 1. The van der Waals surface area contributed by atoms with Crippen molar-refractivity contribution in [1.82, 2.24) is 19.7 Å². The fraction of sp³-hybridized carbons (Fsp3) is 0.385. The smallest absolute Gasteiger partial charge is 0.270 e. The minimum atomic E-state index is -0.00944. The Bertz CT molecular complexity index is 582. The van der Waals surface area contributed by atoms with Crippen molar-refractivity contribution < 1.29 is 4.79 Å². The lowest BCUT2D eigenvalue weighted by Crippen LogP contribution is -2.28. The van der Waals surface area contributed by atoms with Crippen LogP contribution in [0.2, 0.25) is 0 Å². The van der Waals surface area contributed by atoms with Crippen LogP contribution in [0.5, 0.6) is 0 Å². The molecule has 3 rings (SSSR count). The van der Waals surface area contributed by atoms with Gasteiger partial charge in [0.15, 0.2) is 0 Å². The summed E-state index contributed by atoms with van der Waals surface area (Å²) in [6.07, 6.45) is 7.62. The van der Waals surface area contributed by atoms with Gasteiger partial charge in [-0.05, 0) is 18.9 Å². The third-order valence-corrected chi connectivity index (χ3v) is 3.35. The molecule has 0 atom stereocenters. The number of carbonyl (C=O) groups excluding carboxylic acids is 1. The molecule has 0 spiro atoms. The fourth-order valence-corrected chi connectivity index (χ4v) is 2.23. The highest BCUT2D eigenvalue weighted by atomic mass is 16.2. The lowest BCUT2D eigenvalue weighted by Gasteiger charge is -2.17. The van der Waals surface area contributed by atoms with E-state index < -0.39 is 0 Å². The molecule has 0 bridgehead atoms. The number of nitrogens with one attached hydrogen (secondary N) is 1. The number of anilines is 1. The maximum Gasteiger partial charge on any atom is 0.270 e. The van der Waals surface area contributed by atoms with E-state index >= 15 is 0 Å². The molecule has 0 aromatic carbocycles. The SMILES string of the molecule is CN(Cc1cn[nH]c1)C(=O)c1cc(N)cn1C1CC1. The Kier molecular flexibility index (Phi) is 2.77. The molecule has 0 unspecified atom stereocenters. The topological polar surface area (TPSA) is 79.9 Å². The van der Waals surface area contributed by atoms with E-state index in [2.05, 4.69) is 10.2 Å². The van der Waals surface area contributed by atoms with Gasteiger partial charge in [-0.25, -0.2) is 0 Å². The van der Waals surface area contributed by atoms with Crippen molar-refractivity contribution in [2.45, 2.75) is 25.4 Å². The predicted octanol–water partition coefficient (Wildman–Crippen LogP) is 1.40. The number of hydrogen-bond donors (Lipinski definition) is 2. The van der Waals surface area contributed by atoms with Gasteiger partial charge in [0.05, 0.1) is 11.9 Å². The molecule has 2 aromatic rings. The van der Waals surface area contributed by atoms with Gasteiger partial charge in [0.25, 0.3) is 5.91 Å². The summed E-state index contributed by atoms with van der Waals surface area (Å²) in [6.45, 7) is 0.533. The Morgan fingerprint density at radius 3 is 3.05 bits per heavy atom. The Balaban J connectivity index is 1.79. The molecule has 3 N–H and O–H groups in total. The normalized spacial score (nSPS) is 14.6. The molecule has 1 amide bonds. The van der Waals surface area contributed by atoms with Crippen molar-refractivity contribution in [2.75, 3.05) is 12.8 Å². The quantitative estimate of drug-likeness (QED) is 0.871. The number of aromatic nitrogens is 3. The molecule has 6 nitrogen and oxygen atoms in total. The lowest BCUT2D eigenvalue weighted by molar-refractivity contribution is 0.0774. The van der Waals surface area contributed by atoms with E-state index in [1.807, 2.05) is 10.8 Å². The van der Waals surface area contributed by atoms with Gasteiger partial charge in [-0.3, -0.25) is 9.89 Å². The molecule has 0 saturated heterocycles. The summed E-state index contributed by atoms with van der Waals surface area (Å²) in [5.41, 5.74) is 8.11. The summed E-state index contributed by atoms with van der Waals surface area (Å²) >= 11 is 0. The first-order valence-electron chi connectivity index (χ1n) is 6.35. The van der Waals surface area contributed by atoms with Gasteiger partial charge < -0.3 is 15.2 Å². The number of nitrogens with zero attached hydrogens (tertiary/aromatic N) is 3. The standard InChI is InChI=1S/C13H17N5O/c1-17(7-9-5-15-16-6-9)13(19)12-4-10(14)8-18(12)11-2-3-11/h4-6,8,11H,2-3,7,14H2,1H3,(H,15,16).